The summed E-state index contributed by atoms with van der Waals surface area (Å²) in [6, 6.07) is 3.83. The van der Waals surface area contributed by atoms with Crippen LogP contribution in [0.15, 0.2) is 23.0 Å². The van der Waals surface area contributed by atoms with E-state index in [0.717, 1.165) is 16.5 Å². The third kappa shape index (κ3) is 3.72. The minimum absolute atomic E-state index is 0.00129. The fourth-order valence-corrected chi connectivity index (χ4v) is 3.70. The zero-order valence-electron chi connectivity index (χ0n) is 15.4. The smallest absolute Gasteiger partial charge is 0.338 e. The predicted octanol–water partition coefficient (Wildman–Crippen LogP) is 3.27. The number of hydrogen-bond donors (Lipinski definition) is 1. The van der Waals surface area contributed by atoms with E-state index in [1.807, 2.05) is 13.8 Å². The number of hydrogen-bond acceptors (Lipinski definition) is 8. The molecule has 0 unspecified atom stereocenters. The number of H-pyrrole nitrogens is 1. The molecule has 0 saturated carbocycles. The van der Waals surface area contributed by atoms with E-state index >= 15 is 0 Å². The summed E-state index contributed by atoms with van der Waals surface area (Å²) in [5, 5.41) is 11.7. The predicted molar refractivity (Wildman–Crippen MR) is 103 cm³/mol. The molecule has 2 aromatic heterocycles. The van der Waals surface area contributed by atoms with Gasteiger partial charge in [-0.3, -0.25) is 14.9 Å². The summed E-state index contributed by atoms with van der Waals surface area (Å²) in [5.74, 6) is -0.496. The topological polar surface area (TPSA) is 124 Å². The number of carbonyl (C=O) groups excluding carboxylic acids is 1. The van der Waals surface area contributed by atoms with Crippen molar-refractivity contribution in [2.24, 2.45) is 0 Å². The minimum atomic E-state index is -0.771. The second kappa shape index (κ2) is 7.77. The molecule has 0 atom stereocenters. The highest BCUT2D eigenvalue weighted by Crippen LogP contribution is 2.28. The zero-order chi connectivity index (χ0) is 20.4. The third-order valence-corrected chi connectivity index (χ3v) is 5.22. The van der Waals surface area contributed by atoms with Gasteiger partial charge in [0.15, 0.2) is 5.75 Å². The second-order valence-electron chi connectivity index (χ2n) is 5.92. The van der Waals surface area contributed by atoms with Gasteiger partial charge in [0.2, 0.25) is 0 Å². The first-order valence-corrected chi connectivity index (χ1v) is 9.20. The van der Waals surface area contributed by atoms with E-state index in [9.17, 15) is 19.7 Å². The summed E-state index contributed by atoms with van der Waals surface area (Å²) >= 11 is 1.39. The van der Waals surface area contributed by atoms with Crippen molar-refractivity contribution in [3.8, 4) is 5.75 Å². The van der Waals surface area contributed by atoms with Crippen LogP contribution in [0.2, 0.25) is 0 Å². The number of esters is 1. The van der Waals surface area contributed by atoms with E-state index in [2.05, 4.69) is 9.97 Å². The van der Waals surface area contributed by atoms with Gasteiger partial charge in [0.05, 0.1) is 22.5 Å². The molecule has 0 aliphatic heterocycles. The van der Waals surface area contributed by atoms with Gasteiger partial charge in [0.1, 0.15) is 17.3 Å². The van der Waals surface area contributed by atoms with Crippen molar-refractivity contribution in [2.45, 2.75) is 27.4 Å². The number of ether oxygens (including phenoxy) is 2. The normalized spacial score (nSPS) is 10.8. The quantitative estimate of drug-likeness (QED) is 0.380. The summed E-state index contributed by atoms with van der Waals surface area (Å²) in [5.41, 5.74) is 0.253. The molecular formula is C18H17N3O6S. The molecule has 0 aliphatic carbocycles. The van der Waals surface area contributed by atoms with Crippen LogP contribution in [0, 0.1) is 24.0 Å². The molecule has 28 heavy (non-hydrogen) atoms. The summed E-state index contributed by atoms with van der Waals surface area (Å²) in [6.07, 6.45) is 0. The van der Waals surface area contributed by atoms with Crippen LogP contribution in [0.5, 0.6) is 5.75 Å². The molecule has 2 heterocycles. The summed E-state index contributed by atoms with van der Waals surface area (Å²) < 4.78 is 10.3. The maximum Gasteiger partial charge on any atom is 0.338 e. The molecule has 0 fully saturated rings. The Balaban J connectivity index is 1.81. The number of aromatic amines is 1. The number of carbonyl (C=O) groups is 1. The first-order valence-electron chi connectivity index (χ1n) is 8.39. The zero-order valence-corrected chi connectivity index (χ0v) is 16.2. The van der Waals surface area contributed by atoms with Gasteiger partial charge in [-0.05, 0) is 38.5 Å². The van der Waals surface area contributed by atoms with Gasteiger partial charge in [-0.2, -0.15) is 0 Å². The van der Waals surface area contributed by atoms with Crippen molar-refractivity contribution in [3.05, 3.63) is 60.5 Å². The number of rotatable bonds is 6. The molecule has 10 heteroatoms. The van der Waals surface area contributed by atoms with Crippen molar-refractivity contribution >= 4 is 33.2 Å². The molecule has 0 aliphatic rings. The van der Waals surface area contributed by atoms with Gasteiger partial charge in [0, 0.05) is 10.9 Å². The SMILES string of the molecule is CCOc1ccc(C(=O)OCc2nc3sc(C)c(C)c3c(=O)[nH]2)cc1[N+](=O)[O-]. The number of nitrogens with one attached hydrogen (secondary N) is 1. The van der Waals surface area contributed by atoms with Gasteiger partial charge in [-0.15, -0.1) is 11.3 Å². The Morgan fingerprint density at radius 3 is 2.79 bits per heavy atom. The molecular weight excluding hydrogens is 386 g/mol. The van der Waals surface area contributed by atoms with Crippen LogP contribution in [0.4, 0.5) is 5.69 Å². The summed E-state index contributed by atoms with van der Waals surface area (Å²) in [6.45, 7) is 5.45. The van der Waals surface area contributed by atoms with Crippen molar-refractivity contribution in [1.82, 2.24) is 9.97 Å². The Kier molecular flexibility index (Phi) is 5.41. The number of aryl methyl sites for hydroxylation is 2. The number of benzene rings is 1. The number of nitro benzene ring substituents is 1. The number of aromatic nitrogens is 2. The number of fused-ring (bicyclic) bond motifs is 1. The molecule has 0 bridgehead atoms. The number of nitro groups is 1. The lowest BCUT2D eigenvalue weighted by Crippen LogP contribution is -2.14. The molecule has 1 aromatic carbocycles. The average molecular weight is 403 g/mol. The monoisotopic (exact) mass is 403 g/mol. The Morgan fingerprint density at radius 2 is 2.11 bits per heavy atom. The maximum absolute atomic E-state index is 12.3. The molecule has 0 saturated heterocycles. The lowest BCUT2D eigenvalue weighted by Gasteiger charge is -2.07. The van der Waals surface area contributed by atoms with Gasteiger partial charge in [-0.1, -0.05) is 0 Å². The van der Waals surface area contributed by atoms with Gasteiger partial charge in [-0.25, -0.2) is 9.78 Å². The molecule has 3 rings (SSSR count). The standard InChI is InChI=1S/C18H17N3O6S/c1-4-26-13-6-5-11(7-12(13)21(24)25)18(23)27-8-14-19-16(22)15-9(2)10(3)28-17(15)20-14/h5-7H,4,8H2,1-3H3,(H,19,20,22). The third-order valence-electron chi connectivity index (χ3n) is 4.12. The van der Waals surface area contributed by atoms with E-state index in [-0.39, 0.29) is 41.6 Å². The Morgan fingerprint density at radius 1 is 1.36 bits per heavy atom. The first kappa shape index (κ1) is 19.5. The molecule has 3 aromatic rings. The number of nitrogens with zero attached hydrogens (tertiary/aromatic N) is 2. The number of thiophene rings is 1. The van der Waals surface area contributed by atoms with Crippen molar-refractivity contribution in [3.63, 3.8) is 0 Å². The van der Waals surface area contributed by atoms with Crippen LogP contribution in [0.1, 0.15) is 33.5 Å². The fraction of sp³-hybridized carbons (Fsp3) is 0.278. The summed E-state index contributed by atoms with van der Waals surface area (Å²) in [4.78, 5) is 43.5. The molecule has 0 radical (unpaired) electrons. The summed E-state index contributed by atoms with van der Waals surface area (Å²) in [7, 11) is 0. The largest absolute Gasteiger partial charge is 0.487 e. The van der Waals surface area contributed by atoms with E-state index in [4.69, 9.17) is 9.47 Å². The van der Waals surface area contributed by atoms with Crippen LogP contribution in [0.3, 0.4) is 0 Å². The lowest BCUT2D eigenvalue weighted by molar-refractivity contribution is -0.385. The highest BCUT2D eigenvalue weighted by Gasteiger charge is 2.20. The van der Waals surface area contributed by atoms with Crippen molar-refractivity contribution in [1.29, 1.82) is 0 Å². The van der Waals surface area contributed by atoms with E-state index in [0.29, 0.717) is 10.2 Å². The van der Waals surface area contributed by atoms with E-state index in [1.165, 1.54) is 23.5 Å². The lowest BCUT2D eigenvalue weighted by atomic mass is 10.2. The van der Waals surface area contributed by atoms with Crippen molar-refractivity contribution < 1.29 is 19.2 Å². The van der Waals surface area contributed by atoms with Crippen molar-refractivity contribution in [2.75, 3.05) is 6.61 Å². The average Bonchev–Trinajstić information content (AvgIpc) is 2.94. The highest BCUT2D eigenvalue weighted by atomic mass is 32.1. The van der Waals surface area contributed by atoms with E-state index in [1.54, 1.807) is 6.92 Å². The minimum Gasteiger partial charge on any atom is -0.487 e. The molecule has 0 amide bonds. The van der Waals surface area contributed by atoms with Gasteiger partial charge >= 0.3 is 11.7 Å². The second-order valence-corrected chi connectivity index (χ2v) is 7.13. The maximum atomic E-state index is 12.3. The fourth-order valence-electron chi connectivity index (χ4n) is 2.65. The Hall–Kier alpha value is -3.27. The Labute approximate surface area is 163 Å². The molecule has 0 spiro atoms. The van der Waals surface area contributed by atoms with E-state index < -0.39 is 10.9 Å². The first-order chi connectivity index (χ1) is 13.3. The van der Waals surface area contributed by atoms with Crippen LogP contribution >= 0.6 is 11.3 Å². The van der Waals surface area contributed by atoms with Crippen LogP contribution in [0.25, 0.3) is 10.2 Å². The van der Waals surface area contributed by atoms with Crippen LogP contribution in [-0.2, 0) is 11.3 Å². The van der Waals surface area contributed by atoms with Gasteiger partial charge in [0.25, 0.3) is 5.56 Å². The molecule has 1 N–H and O–H groups in total. The van der Waals surface area contributed by atoms with Gasteiger partial charge < -0.3 is 14.5 Å². The molecule has 146 valence electrons. The van der Waals surface area contributed by atoms with Crippen LogP contribution in [-0.4, -0.2) is 27.5 Å². The molecule has 9 nitrogen and oxygen atoms in total. The Bertz CT molecular complexity index is 1130. The highest BCUT2D eigenvalue weighted by molar-refractivity contribution is 7.18. The van der Waals surface area contributed by atoms with Crippen LogP contribution < -0.4 is 10.3 Å².